The number of hydrogen-bond acceptors (Lipinski definition) is 4. The fourth-order valence-electron chi connectivity index (χ4n) is 2.54. The van der Waals surface area contributed by atoms with Crippen LogP contribution in [-0.4, -0.2) is 15.2 Å². The van der Waals surface area contributed by atoms with Crippen LogP contribution in [0, 0.1) is 6.92 Å². The topological polar surface area (TPSA) is 51.8 Å². The first-order valence-corrected chi connectivity index (χ1v) is 6.89. The Morgan fingerprint density at radius 1 is 0.950 bits per heavy atom. The molecule has 0 aliphatic carbocycles. The number of oxazole rings is 1. The van der Waals surface area contributed by atoms with Gasteiger partial charge in [0.1, 0.15) is 17.7 Å². The Balaban J connectivity index is 2.75. The van der Waals surface area contributed by atoms with Crippen molar-refractivity contribution in [2.75, 3.05) is 0 Å². The van der Waals surface area contributed by atoms with Gasteiger partial charge in [0.2, 0.25) is 0 Å². The molecule has 0 bridgehead atoms. The Morgan fingerprint density at radius 2 is 1.60 bits per heavy atom. The zero-order valence-electron chi connectivity index (χ0n) is 13.4. The number of nitrogens with zero attached hydrogens (tertiary/aromatic N) is 3. The van der Waals surface area contributed by atoms with Gasteiger partial charge >= 0.3 is 0 Å². The Hall–Kier alpha value is -1.71. The second-order valence-corrected chi connectivity index (χ2v) is 7.27. The van der Waals surface area contributed by atoms with E-state index >= 15 is 0 Å². The molecule has 0 aliphatic rings. The van der Waals surface area contributed by atoms with Gasteiger partial charge in [-0.15, -0.1) is 5.10 Å². The van der Waals surface area contributed by atoms with E-state index in [2.05, 4.69) is 63.6 Å². The third-order valence-electron chi connectivity index (χ3n) is 3.35. The van der Waals surface area contributed by atoms with Crippen molar-refractivity contribution in [1.29, 1.82) is 0 Å². The van der Waals surface area contributed by atoms with Crippen LogP contribution in [0.25, 0.3) is 11.4 Å². The molecule has 0 radical (unpaired) electrons. The molecule has 0 N–H and O–H groups in total. The lowest BCUT2D eigenvalue weighted by molar-refractivity contribution is 0.503. The summed E-state index contributed by atoms with van der Waals surface area (Å²) in [5.74, 6) is 0. The van der Waals surface area contributed by atoms with Crippen LogP contribution in [0.1, 0.15) is 58.4 Å². The quantitative estimate of drug-likeness (QED) is 0.787. The second kappa shape index (κ2) is 4.69. The SMILES string of the molecule is Cc1c(-c2cocn2)nnc(C(C)(C)C)c1C(C)(C)C. The van der Waals surface area contributed by atoms with Crippen LogP contribution in [0.3, 0.4) is 0 Å². The lowest BCUT2D eigenvalue weighted by Gasteiger charge is -2.30. The van der Waals surface area contributed by atoms with E-state index in [1.807, 2.05) is 0 Å². The molecule has 2 aromatic rings. The summed E-state index contributed by atoms with van der Waals surface area (Å²) in [4.78, 5) is 4.19. The number of rotatable bonds is 1. The Morgan fingerprint density at radius 3 is 2.05 bits per heavy atom. The lowest BCUT2D eigenvalue weighted by atomic mass is 9.76. The van der Waals surface area contributed by atoms with Crippen molar-refractivity contribution in [2.24, 2.45) is 0 Å². The monoisotopic (exact) mass is 273 g/mol. The van der Waals surface area contributed by atoms with Gasteiger partial charge in [0, 0.05) is 5.41 Å². The molecule has 0 unspecified atom stereocenters. The summed E-state index contributed by atoms with van der Waals surface area (Å²) in [6.07, 6.45) is 3.03. The molecule has 0 atom stereocenters. The highest BCUT2D eigenvalue weighted by Gasteiger charge is 2.30. The minimum absolute atomic E-state index is 0.00111. The summed E-state index contributed by atoms with van der Waals surface area (Å²) in [5, 5.41) is 8.89. The van der Waals surface area contributed by atoms with E-state index in [9.17, 15) is 0 Å². The van der Waals surface area contributed by atoms with Crippen molar-refractivity contribution < 1.29 is 4.42 Å². The van der Waals surface area contributed by atoms with Crippen LogP contribution >= 0.6 is 0 Å². The predicted octanol–water partition coefficient (Wildman–Crippen LogP) is 4.04. The maximum Gasteiger partial charge on any atom is 0.181 e. The van der Waals surface area contributed by atoms with Crippen LogP contribution in [0.5, 0.6) is 0 Å². The Kier molecular flexibility index (Phi) is 3.44. The minimum atomic E-state index is -0.0390. The summed E-state index contributed by atoms with van der Waals surface area (Å²) in [5.41, 5.74) is 4.93. The Bertz CT molecular complexity index is 602. The van der Waals surface area contributed by atoms with Crippen LogP contribution in [0.2, 0.25) is 0 Å². The summed E-state index contributed by atoms with van der Waals surface area (Å²) in [6, 6.07) is 0. The molecular weight excluding hydrogens is 250 g/mol. The van der Waals surface area contributed by atoms with Gasteiger partial charge in [-0.3, -0.25) is 0 Å². The van der Waals surface area contributed by atoms with Gasteiger partial charge in [0.15, 0.2) is 6.39 Å². The summed E-state index contributed by atoms with van der Waals surface area (Å²) in [6.45, 7) is 15.2. The van der Waals surface area contributed by atoms with Crippen molar-refractivity contribution in [2.45, 2.75) is 59.3 Å². The van der Waals surface area contributed by atoms with Gasteiger partial charge in [-0.1, -0.05) is 41.5 Å². The molecule has 2 aromatic heterocycles. The summed E-state index contributed by atoms with van der Waals surface area (Å²) < 4.78 is 5.07. The van der Waals surface area contributed by atoms with Gasteiger partial charge in [0.25, 0.3) is 0 Å². The fraction of sp³-hybridized carbons (Fsp3) is 0.562. The molecule has 20 heavy (non-hydrogen) atoms. The molecule has 4 heteroatoms. The minimum Gasteiger partial charge on any atom is -0.451 e. The molecule has 0 aliphatic heterocycles. The van der Waals surface area contributed by atoms with Gasteiger partial charge in [-0.05, 0) is 23.5 Å². The van der Waals surface area contributed by atoms with Crippen molar-refractivity contribution >= 4 is 0 Å². The normalized spacial score (nSPS) is 12.8. The molecule has 0 saturated carbocycles. The number of aromatic nitrogens is 3. The molecule has 108 valence electrons. The average Bonchev–Trinajstić information content (AvgIpc) is 2.78. The predicted molar refractivity (Wildman–Crippen MR) is 79.7 cm³/mol. The molecule has 0 amide bonds. The van der Waals surface area contributed by atoms with E-state index < -0.39 is 0 Å². The van der Waals surface area contributed by atoms with Gasteiger partial charge in [-0.25, -0.2) is 4.98 Å². The molecular formula is C16H23N3O. The molecule has 0 spiro atoms. The Labute approximate surface area is 120 Å². The van der Waals surface area contributed by atoms with Crippen LogP contribution in [-0.2, 0) is 10.8 Å². The average molecular weight is 273 g/mol. The van der Waals surface area contributed by atoms with E-state index in [1.54, 1.807) is 6.26 Å². The van der Waals surface area contributed by atoms with Crippen LogP contribution in [0.4, 0.5) is 0 Å². The van der Waals surface area contributed by atoms with Crippen molar-refractivity contribution in [3.05, 3.63) is 29.5 Å². The van der Waals surface area contributed by atoms with Crippen LogP contribution < -0.4 is 0 Å². The fourth-order valence-corrected chi connectivity index (χ4v) is 2.54. The molecule has 0 aromatic carbocycles. The van der Waals surface area contributed by atoms with Gasteiger partial charge in [-0.2, -0.15) is 5.10 Å². The van der Waals surface area contributed by atoms with E-state index in [-0.39, 0.29) is 10.8 Å². The standard InChI is InChI=1S/C16H23N3O/c1-10-12(15(2,3)4)14(16(5,6)7)19-18-13(10)11-8-20-9-17-11/h8-9H,1-7H3. The van der Waals surface area contributed by atoms with E-state index in [0.29, 0.717) is 0 Å². The first kappa shape index (κ1) is 14.7. The van der Waals surface area contributed by atoms with Crippen LogP contribution in [0.15, 0.2) is 17.1 Å². The zero-order valence-corrected chi connectivity index (χ0v) is 13.4. The smallest absolute Gasteiger partial charge is 0.181 e. The summed E-state index contributed by atoms with van der Waals surface area (Å²) >= 11 is 0. The first-order valence-electron chi connectivity index (χ1n) is 6.89. The molecule has 2 rings (SSSR count). The second-order valence-electron chi connectivity index (χ2n) is 7.27. The highest BCUT2D eigenvalue weighted by molar-refractivity contribution is 5.60. The van der Waals surface area contributed by atoms with Gasteiger partial charge < -0.3 is 4.42 Å². The molecule has 0 fully saturated rings. The maximum atomic E-state index is 5.07. The number of hydrogen-bond donors (Lipinski definition) is 0. The molecule has 0 saturated heterocycles. The third kappa shape index (κ3) is 2.60. The lowest BCUT2D eigenvalue weighted by Crippen LogP contribution is -2.26. The van der Waals surface area contributed by atoms with Crippen molar-refractivity contribution in [3.63, 3.8) is 0 Å². The largest absolute Gasteiger partial charge is 0.451 e. The maximum absolute atomic E-state index is 5.07. The highest BCUT2D eigenvalue weighted by Crippen LogP contribution is 2.37. The molecule has 4 nitrogen and oxygen atoms in total. The molecule has 2 heterocycles. The van der Waals surface area contributed by atoms with E-state index in [4.69, 9.17) is 4.42 Å². The third-order valence-corrected chi connectivity index (χ3v) is 3.35. The van der Waals surface area contributed by atoms with Crippen molar-refractivity contribution in [1.82, 2.24) is 15.2 Å². The first-order chi connectivity index (χ1) is 9.12. The highest BCUT2D eigenvalue weighted by atomic mass is 16.3. The summed E-state index contributed by atoms with van der Waals surface area (Å²) in [7, 11) is 0. The van der Waals surface area contributed by atoms with E-state index in [0.717, 1.165) is 22.6 Å². The zero-order chi connectivity index (χ0) is 15.1. The van der Waals surface area contributed by atoms with Crippen molar-refractivity contribution in [3.8, 4) is 11.4 Å². The van der Waals surface area contributed by atoms with Gasteiger partial charge in [0.05, 0.1) is 5.69 Å². The van der Waals surface area contributed by atoms with E-state index in [1.165, 1.54) is 12.0 Å².